The standard InChI is InChI=1S/C17H21Cl2NO2S/c1-17(2,3)10-14-15(20-16(19)23-14)11-5-6-12(18)13(9-11)22-8-7-21-4/h5-6,9H,7-8,10H2,1-4H3. The van der Waals surface area contributed by atoms with E-state index in [0.717, 1.165) is 17.7 Å². The Hall–Kier alpha value is -0.810. The lowest BCUT2D eigenvalue weighted by Crippen LogP contribution is -2.08. The van der Waals surface area contributed by atoms with E-state index in [1.807, 2.05) is 18.2 Å². The van der Waals surface area contributed by atoms with Crippen LogP contribution in [0.2, 0.25) is 9.49 Å². The quantitative estimate of drug-likeness (QED) is 0.605. The number of aromatic nitrogens is 1. The smallest absolute Gasteiger partial charge is 0.184 e. The maximum atomic E-state index is 6.20. The third-order valence-corrected chi connectivity index (χ3v) is 4.58. The highest BCUT2D eigenvalue weighted by molar-refractivity contribution is 7.16. The van der Waals surface area contributed by atoms with E-state index in [1.165, 1.54) is 16.2 Å². The van der Waals surface area contributed by atoms with Crippen LogP contribution in [-0.4, -0.2) is 25.3 Å². The number of benzene rings is 1. The van der Waals surface area contributed by atoms with Gasteiger partial charge in [-0.05, 0) is 24.0 Å². The van der Waals surface area contributed by atoms with Crippen molar-refractivity contribution in [3.05, 3.63) is 32.6 Å². The fraction of sp³-hybridized carbons (Fsp3) is 0.471. The van der Waals surface area contributed by atoms with Gasteiger partial charge in [-0.2, -0.15) is 0 Å². The zero-order chi connectivity index (χ0) is 17.0. The largest absolute Gasteiger partial charge is 0.490 e. The van der Waals surface area contributed by atoms with Crippen molar-refractivity contribution in [2.24, 2.45) is 5.41 Å². The van der Waals surface area contributed by atoms with E-state index in [4.69, 9.17) is 32.7 Å². The normalized spacial score (nSPS) is 11.7. The molecule has 0 N–H and O–H groups in total. The van der Waals surface area contributed by atoms with E-state index in [2.05, 4.69) is 25.8 Å². The summed E-state index contributed by atoms with van der Waals surface area (Å²) in [5.74, 6) is 0.632. The molecule has 2 aromatic rings. The van der Waals surface area contributed by atoms with Crippen LogP contribution in [0.15, 0.2) is 18.2 Å². The van der Waals surface area contributed by atoms with Gasteiger partial charge in [0.05, 0.1) is 17.3 Å². The maximum Gasteiger partial charge on any atom is 0.184 e. The molecular weight excluding hydrogens is 353 g/mol. The van der Waals surface area contributed by atoms with Crippen LogP contribution in [0.3, 0.4) is 0 Å². The highest BCUT2D eigenvalue weighted by Crippen LogP contribution is 2.38. The van der Waals surface area contributed by atoms with Gasteiger partial charge in [0.15, 0.2) is 4.47 Å². The first-order valence-electron chi connectivity index (χ1n) is 7.37. The van der Waals surface area contributed by atoms with Crippen LogP contribution in [0.1, 0.15) is 25.6 Å². The van der Waals surface area contributed by atoms with Crippen LogP contribution in [0.4, 0.5) is 0 Å². The highest BCUT2D eigenvalue weighted by Gasteiger charge is 2.20. The summed E-state index contributed by atoms with van der Waals surface area (Å²) in [4.78, 5) is 5.67. The Balaban J connectivity index is 2.33. The lowest BCUT2D eigenvalue weighted by molar-refractivity contribution is 0.146. The Labute approximate surface area is 151 Å². The lowest BCUT2D eigenvalue weighted by atomic mass is 9.90. The third-order valence-electron chi connectivity index (χ3n) is 3.11. The molecular formula is C17H21Cl2NO2S. The van der Waals surface area contributed by atoms with Crippen molar-refractivity contribution in [1.82, 2.24) is 4.98 Å². The van der Waals surface area contributed by atoms with Crippen molar-refractivity contribution in [2.45, 2.75) is 27.2 Å². The van der Waals surface area contributed by atoms with E-state index in [0.29, 0.717) is 28.5 Å². The van der Waals surface area contributed by atoms with Gasteiger partial charge in [-0.15, -0.1) is 11.3 Å². The maximum absolute atomic E-state index is 6.20. The summed E-state index contributed by atoms with van der Waals surface area (Å²) in [6.45, 7) is 7.56. The van der Waals surface area contributed by atoms with E-state index in [9.17, 15) is 0 Å². The van der Waals surface area contributed by atoms with Crippen LogP contribution < -0.4 is 4.74 Å². The number of ether oxygens (including phenoxy) is 2. The summed E-state index contributed by atoms with van der Waals surface area (Å²) in [5, 5.41) is 0.573. The first-order valence-corrected chi connectivity index (χ1v) is 8.94. The second kappa shape index (κ2) is 7.84. The zero-order valence-electron chi connectivity index (χ0n) is 13.8. The molecule has 0 atom stereocenters. The summed E-state index contributed by atoms with van der Waals surface area (Å²) in [6, 6.07) is 5.69. The second-order valence-electron chi connectivity index (χ2n) is 6.46. The van der Waals surface area contributed by atoms with Gasteiger partial charge in [0.25, 0.3) is 0 Å². The van der Waals surface area contributed by atoms with Gasteiger partial charge in [-0.25, -0.2) is 4.98 Å². The van der Waals surface area contributed by atoms with Crippen LogP contribution in [0.25, 0.3) is 11.3 Å². The van der Waals surface area contributed by atoms with Gasteiger partial charge in [0.1, 0.15) is 12.4 Å². The summed E-state index contributed by atoms with van der Waals surface area (Å²) >= 11 is 13.9. The van der Waals surface area contributed by atoms with Gasteiger partial charge >= 0.3 is 0 Å². The van der Waals surface area contributed by atoms with Crippen LogP contribution >= 0.6 is 34.5 Å². The number of halogens is 2. The Morgan fingerprint density at radius 1 is 1.17 bits per heavy atom. The van der Waals surface area contributed by atoms with Gasteiger partial charge in [-0.1, -0.05) is 50.0 Å². The molecule has 1 aromatic heterocycles. The second-order valence-corrected chi connectivity index (χ2v) is 8.54. The minimum atomic E-state index is 0.162. The molecule has 0 radical (unpaired) electrons. The molecule has 0 fully saturated rings. The van der Waals surface area contributed by atoms with E-state index < -0.39 is 0 Å². The Morgan fingerprint density at radius 2 is 1.91 bits per heavy atom. The average molecular weight is 374 g/mol. The van der Waals surface area contributed by atoms with E-state index in [-0.39, 0.29) is 5.41 Å². The molecule has 0 aliphatic rings. The Kier molecular flexibility index (Phi) is 6.32. The van der Waals surface area contributed by atoms with Crippen LogP contribution in [0.5, 0.6) is 5.75 Å². The number of hydrogen-bond acceptors (Lipinski definition) is 4. The molecule has 3 nitrogen and oxygen atoms in total. The number of nitrogens with zero attached hydrogens (tertiary/aromatic N) is 1. The molecule has 6 heteroatoms. The predicted molar refractivity (Wildman–Crippen MR) is 98.1 cm³/mol. The van der Waals surface area contributed by atoms with Crippen molar-refractivity contribution in [3.8, 4) is 17.0 Å². The minimum absolute atomic E-state index is 0.162. The van der Waals surface area contributed by atoms with Gasteiger partial charge in [-0.3, -0.25) is 0 Å². The van der Waals surface area contributed by atoms with Crippen LogP contribution in [-0.2, 0) is 11.2 Å². The van der Waals surface area contributed by atoms with Gasteiger partial charge < -0.3 is 9.47 Å². The first-order chi connectivity index (χ1) is 10.8. The molecule has 23 heavy (non-hydrogen) atoms. The molecule has 0 bridgehead atoms. The average Bonchev–Trinajstić information content (AvgIpc) is 2.79. The summed E-state index contributed by atoms with van der Waals surface area (Å²) in [6.07, 6.45) is 0.912. The molecule has 0 saturated heterocycles. The van der Waals surface area contributed by atoms with Crippen molar-refractivity contribution in [2.75, 3.05) is 20.3 Å². The number of methoxy groups -OCH3 is 1. The number of hydrogen-bond donors (Lipinski definition) is 0. The predicted octanol–water partition coefficient (Wildman–Crippen LogP) is 5.73. The van der Waals surface area contributed by atoms with Crippen molar-refractivity contribution in [1.29, 1.82) is 0 Å². The summed E-state index contributed by atoms with van der Waals surface area (Å²) in [5.41, 5.74) is 2.03. The molecule has 0 aliphatic heterocycles. The molecule has 1 heterocycles. The molecule has 126 valence electrons. The fourth-order valence-electron chi connectivity index (χ4n) is 2.15. The first kappa shape index (κ1) is 18.5. The highest BCUT2D eigenvalue weighted by atomic mass is 35.5. The van der Waals surface area contributed by atoms with Crippen LogP contribution in [0, 0.1) is 5.41 Å². The molecule has 0 saturated carbocycles. The minimum Gasteiger partial charge on any atom is -0.490 e. The molecule has 0 amide bonds. The zero-order valence-corrected chi connectivity index (χ0v) is 16.1. The SMILES string of the molecule is COCCOc1cc(-c2nc(Cl)sc2CC(C)(C)C)ccc1Cl. The van der Waals surface area contributed by atoms with E-state index >= 15 is 0 Å². The van der Waals surface area contributed by atoms with Gasteiger partial charge in [0.2, 0.25) is 0 Å². The molecule has 0 unspecified atom stereocenters. The Bertz CT molecular complexity index is 665. The number of rotatable bonds is 6. The molecule has 0 aliphatic carbocycles. The fourth-order valence-corrected chi connectivity index (χ4v) is 3.79. The van der Waals surface area contributed by atoms with Crippen molar-refractivity contribution in [3.63, 3.8) is 0 Å². The van der Waals surface area contributed by atoms with Crippen molar-refractivity contribution < 1.29 is 9.47 Å². The molecule has 2 rings (SSSR count). The Morgan fingerprint density at radius 3 is 2.57 bits per heavy atom. The topological polar surface area (TPSA) is 31.4 Å². The molecule has 1 aromatic carbocycles. The number of thiazole rings is 1. The lowest BCUT2D eigenvalue weighted by Gasteiger charge is -2.17. The molecule has 0 spiro atoms. The monoisotopic (exact) mass is 373 g/mol. The van der Waals surface area contributed by atoms with Crippen molar-refractivity contribution >= 4 is 34.5 Å². The van der Waals surface area contributed by atoms with E-state index in [1.54, 1.807) is 7.11 Å². The van der Waals surface area contributed by atoms with Gasteiger partial charge in [0, 0.05) is 17.6 Å². The third kappa shape index (κ3) is 5.35. The summed E-state index contributed by atoms with van der Waals surface area (Å²) < 4.78 is 11.2. The summed E-state index contributed by atoms with van der Waals surface area (Å²) in [7, 11) is 1.64.